The van der Waals surface area contributed by atoms with E-state index in [-0.39, 0.29) is 17.9 Å². The first-order chi connectivity index (χ1) is 6.52. The van der Waals surface area contributed by atoms with E-state index >= 15 is 0 Å². The topological polar surface area (TPSA) is 20.3 Å². The van der Waals surface area contributed by atoms with Gasteiger partial charge < -0.3 is 4.90 Å². The van der Waals surface area contributed by atoms with Gasteiger partial charge >= 0.3 is 0 Å². The fraction of sp³-hybridized carbons (Fsp3) is 0.300. The van der Waals surface area contributed by atoms with E-state index in [9.17, 15) is 13.6 Å². The van der Waals surface area contributed by atoms with Crippen molar-refractivity contribution >= 4 is 5.91 Å². The SMILES string of the molecule is CN(C)C(=O)Cc1cccc(F)c1F. The molecule has 0 saturated carbocycles. The lowest BCUT2D eigenvalue weighted by atomic mass is 10.1. The summed E-state index contributed by atoms with van der Waals surface area (Å²) in [7, 11) is 3.14. The first-order valence-corrected chi connectivity index (χ1v) is 4.15. The van der Waals surface area contributed by atoms with Crippen molar-refractivity contribution in [3.63, 3.8) is 0 Å². The van der Waals surface area contributed by atoms with Gasteiger partial charge in [0.25, 0.3) is 0 Å². The average molecular weight is 199 g/mol. The van der Waals surface area contributed by atoms with E-state index < -0.39 is 11.6 Å². The zero-order chi connectivity index (χ0) is 10.7. The highest BCUT2D eigenvalue weighted by Crippen LogP contribution is 2.12. The average Bonchev–Trinajstić information content (AvgIpc) is 2.12. The summed E-state index contributed by atoms with van der Waals surface area (Å²) in [6.45, 7) is 0. The Kier molecular flexibility index (Phi) is 3.17. The van der Waals surface area contributed by atoms with Crippen LogP contribution in [0.5, 0.6) is 0 Å². The number of likely N-dealkylation sites (N-methyl/N-ethyl adjacent to an activating group) is 1. The Bertz CT molecular complexity index is 350. The van der Waals surface area contributed by atoms with Gasteiger partial charge in [0, 0.05) is 19.7 Å². The van der Waals surface area contributed by atoms with Gasteiger partial charge in [0.05, 0.1) is 6.42 Å². The zero-order valence-electron chi connectivity index (χ0n) is 8.05. The Balaban J connectivity index is 2.87. The van der Waals surface area contributed by atoms with Gasteiger partial charge in [0.2, 0.25) is 5.91 Å². The molecule has 0 aliphatic heterocycles. The number of amides is 1. The maximum Gasteiger partial charge on any atom is 0.226 e. The molecule has 0 bridgehead atoms. The lowest BCUT2D eigenvalue weighted by Crippen LogP contribution is -2.24. The molecule has 0 aliphatic carbocycles. The minimum Gasteiger partial charge on any atom is -0.349 e. The molecule has 0 atom stereocenters. The monoisotopic (exact) mass is 199 g/mol. The summed E-state index contributed by atoms with van der Waals surface area (Å²) in [5.74, 6) is -2.12. The summed E-state index contributed by atoms with van der Waals surface area (Å²) >= 11 is 0. The highest BCUT2D eigenvalue weighted by Gasteiger charge is 2.12. The molecule has 1 aromatic rings. The summed E-state index contributed by atoms with van der Waals surface area (Å²) in [6, 6.07) is 3.81. The molecule has 0 aromatic heterocycles. The van der Waals surface area contributed by atoms with Crippen LogP contribution in [-0.4, -0.2) is 24.9 Å². The number of carbonyl (C=O) groups is 1. The van der Waals surface area contributed by atoms with E-state index in [1.54, 1.807) is 14.1 Å². The van der Waals surface area contributed by atoms with Crippen molar-refractivity contribution in [2.24, 2.45) is 0 Å². The van der Waals surface area contributed by atoms with Crippen LogP contribution in [0.25, 0.3) is 0 Å². The smallest absolute Gasteiger partial charge is 0.226 e. The summed E-state index contributed by atoms with van der Waals surface area (Å²) in [6.07, 6.45) is -0.114. The second-order valence-electron chi connectivity index (χ2n) is 3.18. The van der Waals surface area contributed by atoms with Gasteiger partial charge in [-0.15, -0.1) is 0 Å². The van der Waals surface area contributed by atoms with Crippen molar-refractivity contribution < 1.29 is 13.6 Å². The number of hydrogen-bond acceptors (Lipinski definition) is 1. The van der Waals surface area contributed by atoms with Crippen LogP contribution < -0.4 is 0 Å². The molecule has 0 heterocycles. The van der Waals surface area contributed by atoms with Crippen molar-refractivity contribution in [3.8, 4) is 0 Å². The molecule has 1 aromatic carbocycles. The molecule has 2 nitrogen and oxygen atoms in total. The minimum absolute atomic E-state index is 0.0868. The van der Waals surface area contributed by atoms with E-state index in [4.69, 9.17) is 0 Å². The predicted molar refractivity (Wildman–Crippen MR) is 48.8 cm³/mol. The Morgan fingerprint density at radius 3 is 2.57 bits per heavy atom. The third-order valence-electron chi connectivity index (χ3n) is 1.87. The molecule has 0 unspecified atom stereocenters. The quantitative estimate of drug-likeness (QED) is 0.708. The number of rotatable bonds is 2. The molecule has 14 heavy (non-hydrogen) atoms. The lowest BCUT2D eigenvalue weighted by molar-refractivity contribution is -0.128. The second-order valence-corrected chi connectivity index (χ2v) is 3.18. The molecular weight excluding hydrogens is 188 g/mol. The summed E-state index contributed by atoms with van der Waals surface area (Å²) in [4.78, 5) is 12.6. The van der Waals surface area contributed by atoms with Gasteiger partial charge in [-0.3, -0.25) is 4.79 Å². The number of hydrogen-bond donors (Lipinski definition) is 0. The molecule has 0 N–H and O–H groups in total. The molecule has 4 heteroatoms. The van der Waals surface area contributed by atoms with Crippen molar-refractivity contribution in [2.45, 2.75) is 6.42 Å². The fourth-order valence-electron chi connectivity index (χ4n) is 1.01. The lowest BCUT2D eigenvalue weighted by Gasteiger charge is -2.10. The van der Waals surface area contributed by atoms with Crippen LogP contribution in [0.2, 0.25) is 0 Å². The Morgan fingerprint density at radius 2 is 2.00 bits per heavy atom. The van der Waals surface area contributed by atoms with E-state index in [0.29, 0.717) is 0 Å². The number of nitrogens with zero attached hydrogens (tertiary/aromatic N) is 1. The van der Waals surface area contributed by atoms with Crippen LogP contribution in [0.15, 0.2) is 18.2 Å². The van der Waals surface area contributed by atoms with Crippen LogP contribution in [0, 0.1) is 11.6 Å². The van der Waals surface area contributed by atoms with Crippen LogP contribution in [-0.2, 0) is 11.2 Å². The van der Waals surface area contributed by atoms with Crippen LogP contribution in [0.3, 0.4) is 0 Å². The molecule has 0 saturated heterocycles. The normalized spacial score (nSPS) is 10.0. The van der Waals surface area contributed by atoms with Crippen molar-refractivity contribution in [1.82, 2.24) is 4.90 Å². The van der Waals surface area contributed by atoms with Crippen LogP contribution in [0.1, 0.15) is 5.56 Å². The highest BCUT2D eigenvalue weighted by molar-refractivity contribution is 5.78. The Hall–Kier alpha value is -1.45. The summed E-state index contributed by atoms with van der Waals surface area (Å²) in [5, 5.41) is 0. The zero-order valence-corrected chi connectivity index (χ0v) is 8.05. The van der Waals surface area contributed by atoms with E-state index in [1.807, 2.05) is 0 Å². The highest BCUT2D eigenvalue weighted by atomic mass is 19.2. The number of carbonyl (C=O) groups excluding carboxylic acids is 1. The minimum atomic E-state index is -0.942. The largest absolute Gasteiger partial charge is 0.349 e. The molecule has 0 radical (unpaired) electrons. The van der Waals surface area contributed by atoms with Crippen molar-refractivity contribution in [3.05, 3.63) is 35.4 Å². The molecular formula is C10H11F2NO. The standard InChI is InChI=1S/C10H11F2NO/c1-13(2)9(14)6-7-4-3-5-8(11)10(7)12/h3-5H,6H2,1-2H3. The molecule has 76 valence electrons. The van der Waals surface area contributed by atoms with Gasteiger partial charge in [0.15, 0.2) is 11.6 Å². The van der Waals surface area contributed by atoms with Crippen molar-refractivity contribution in [1.29, 1.82) is 0 Å². The molecule has 1 rings (SSSR count). The van der Waals surface area contributed by atoms with Crippen LogP contribution in [0.4, 0.5) is 8.78 Å². The maximum atomic E-state index is 13.1. The Labute approximate surface area is 81.1 Å². The Morgan fingerprint density at radius 1 is 1.36 bits per heavy atom. The van der Waals surface area contributed by atoms with E-state index in [0.717, 1.165) is 6.07 Å². The van der Waals surface area contributed by atoms with Gasteiger partial charge in [-0.25, -0.2) is 8.78 Å². The van der Waals surface area contributed by atoms with Gasteiger partial charge in [0.1, 0.15) is 0 Å². The molecule has 0 fully saturated rings. The predicted octanol–water partition coefficient (Wildman–Crippen LogP) is 1.60. The molecule has 1 amide bonds. The maximum absolute atomic E-state index is 13.1. The fourth-order valence-corrected chi connectivity index (χ4v) is 1.01. The van der Waals surface area contributed by atoms with E-state index in [1.165, 1.54) is 17.0 Å². The first kappa shape index (κ1) is 10.6. The first-order valence-electron chi connectivity index (χ1n) is 4.15. The van der Waals surface area contributed by atoms with Gasteiger partial charge in [-0.2, -0.15) is 0 Å². The van der Waals surface area contributed by atoms with Gasteiger partial charge in [-0.05, 0) is 6.07 Å². The molecule has 0 spiro atoms. The molecule has 0 aliphatic rings. The number of halogens is 2. The summed E-state index contributed by atoms with van der Waals surface area (Å²) < 4.78 is 25.8. The van der Waals surface area contributed by atoms with E-state index in [2.05, 4.69) is 0 Å². The number of benzene rings is 1. The van der Waals surface area contributed by atoms with Crippen molar-refractivity contribution in [2.75, 3.05) is 14.1 Å². The van der Waals surface area contributed by atoms with Crippen LogP contribution >= 0.6 is 0 Å². The third-order valence-corrected chi connectivity index (χ3v) is 1.87. The third kappa shape index (κ3) is 2.28. The van der Waals surface area contributed by atoms with Gasteiger partial charge in [-0.1, -0.05) is 12.1 Å². The summed E-state index contributed by atoms with van der Waals surface area (Å²) in [5.41, 5.74) is 0.0868. The second kappa shape index (κ2) is 4.17.